The molecule has 3 heteroatoms. The molecule has 0 aliphatic carbocycles. The quantitative estimate of drug-likeness (QED) is 0.808. The molecule has 1 unspecified atom stereocenters. The Morgan fingerprint density at radius 2 is 1.90 bits per heavy atom. The first-order valence-corrected chi connectivity index (χ1v) is 7.59. The number of rotatable bonds is 7. The zero-order chi connectivity index (χ0) is 14.4. The number of hydrogen-bond acceptors (Lipinski definition) is 2. The highest BCUT2D eigenvalue weighted by Gasteiger charge is 2.04. The van der Waals surface area contributed by atoms with Gasteiger partial charge in [0.25, 0.3) is 0 Å². The van der Waals surface area contributed by atoms with Crippen LogP contribution in [0.1, 0.15) is 50.8 Å². The van der Waals surface area contributed by atoms with Crippen LogP contribution in [-0.4, -0.2) is 9.78 Å². The molecule has 0 radical (unpaired) electrons. The van der Waals surface area contributed by atoms with E-state index in [0.29, 0.717) is 5.92 Å². The van der Waals surface area contributed by atoms with Crippen LogP contribution in [0.2, 0.25) is 0 Å². The Kier molecular flexibility index (Phi) is 5.22. The molecule has 1 atom stereocenters. The molecule has 0 saturated heterocycles. The zero-order valence-electron chi connectivity index (χ0n) is 12.8. The molecule has 0 aliphatic rings. The summed E-state index contributed by atoms with van der Waals surface area (Å²) < 4.78 is 2.07. The molecule has 3 nitrogen and oxygen atoms in total. The molecule has 0 amide bonds. The van der Waals surface area contributed by atoms with E-state index in [0.717, 1.165) is 19.5 Å². The number of nitrogens with one attached hydrogen (secondary N) is 1. The second-order valence-electron chi connectivity index (χ2n) is 5.33. The van der Waals surface area contributed by atoms with Crippen molar-refractivity contribution in [3.8, 4) is 0 Å². The monoisotopic (exact) mass is 271 g/mol. The van der Waals surface area contributed by atoms with Gasteiger partial charge in [0.05, 0.1) is 12.2 Å². The molecule has 0 fully saturated rings. The van der Waals surface area contributed by atoms with Gasteiger partial charge in [0, 0.05) is 18.4 Å². The summed E-state index contributed by atoms with van der Waals surface area (Å²) in [6.07, 6.45) is 4.17. The SMILES string of the molecule is CCCn1nccc1CNc1ccc(C(C)CC)cc1. The molecule has 1 aromatic carbocycles. The van der Waals surface area contributed by atoms with Crippen LogP contribution < -0.4 is 5.32 Å². The van der Waals surface area contributed by atoms with Crippen LogP contribution in [0.4, 0.5) is 5.69 Å². The van der Waals surface area contributed by atoms with Gasteiger partial charge in [-0.15, -0.1) is 0 Å². The third-order valence-electron chi connectivity index (χ3n) is 3.81. The Hall–Kier alpha value is -1.77. The van der Waals surface area contributed by atoms with Crippen molar-refractivity contribution in [3.63, 3.8) is 0 Å². The first-order valence-electron chi connectivity index (χ1n) is 7.59. The van der Waals surface area contributed by atoms with Crippen molar-refractivity contribution < 1.29 is 0 Å². The van der Waals surface area contributed by atoms with Crippen LogP contribution >= 0.6 is 0 Å². The molecule has 0 bridgehead atoms. The van der Waals surface area contributed by atoms with E-state index in [2.05, 4.69) is 66.2 Å². The Labute approximate surface area is 122 Å². The molecule has 1 aromatic heterocycles. The minimum Gasteiger partial charge on any atom is -0.379 e. The van der Waals surface area contributed by atoms with Gasteiger partial charge in [-0.25, -0.2) is 0 Å². The number of aryl methyl sites for hydroxylation is 1. The summed E-state index contributed by atoms with van der Waals surface area (Å²) >= 11 is 0. The summed E-state index contributed by atoms with van der Waals surface area (Å²) in [5.41, 5.74) is 3.81. The molecule has 20 heavy (non-hydrogen) atoms. The first kappa shape index (κ1) is 14.6. The lowest BCUT2D eigenvalue weighted by molar-refractivity contribution is 0.578. The lowest BCUT2D eigenvalue weighted by atomic mass is 9.99. The molecule has 108 valence electrons. The average molecular weight is 271 g/mol. The van der Waals surface area contributed by atoms with Gasteiger partial charge in [-0.2, -0.15) is 5.10 Å². The first-order chi connectivity index (χ1) is 9.74. The number of aromatic nitrogens is 2. The lowest BCUT2D eigenvalue weighted by Gasteiger charge is -2.12. The summed E-state index contributed by atoms with van der Waals surface area (Å²) in [6, 6.07) is 10.9. The van der Waals surface area contributed by atoms with Gasteiger partial charge in [-0.05, 0) is 42.5 Å². The standard InChI is InChI=1S/C17H25N3/c1-4-12-20-17(10-11-19-20)13-18-16-8-6-15(7-9-16)14(3)5-2/h6-11,14,18H,4-5,12-13H2,1-3H3. The molecule has 2 rings (SSSR count). The van der Waals surface area contributed by atoms with Gasteiger partial charge in [0.2, 0.25) is 0 Å². The predicted octanol–water partition coefficient (Wildman–Crippen LogP) is 4.42. The summed E-state index contributed by atoms with van der Waals surface area (Å²) in [6.45, 7) is 8.48. The summed E-state index contributed by atoms with van der Waals surface area (Å²) in [5.74, 6) is 0.634. The maximum absolute atomic E-state index is 4.34. The molecule has 0 saturated carbocycles. The van der Waals surface area contributed by atoms with Crippen LogP contribution in [0.3, 0.4) is 0 Å². The van der Waals surface area contributed by atoms with Crippen LogP contribution in [0.5, 0.6) is 0 Å². The fourth-order valence-electron chi connectivity index (χ4n) is 2.28. The van der Waals surface area contributed by atoms with Gasteiger partial charge in [-0.1, -0.05) is 32.9 Å². The van der Waals surface area contributed by atoms with Gasteiger partial charge in [-0.3, -0.25) is 4.68 Å². The highest BCUT2D eigenvalue weighted by molar-refractivity contribution is 5.45. The predicted molar refractivity (Wildman–Crippen MR) is 85.0 cm³/mol. The maximum Gasteiger partial charge on any atom is 0.0575 e. The van der Waals surface area contributed by atoms with E-state index >= 15 is 0 Å². The summed E-state index contributed by atoms with van der Waals surface area (Å²) in [5, 5.41) is 7.81. The Bertz CT molecular complexity index is 513. The normalized spacial score (nSPS) is 12.3. The lowest BCUT2D eigenvalue weighted by Crippen LogP contribution is -2.08. The molecule has 0 aliphatic heterocycles. The van der Waals surface area contributed by atoms with Gasteiger partial charge in [0.15, 0.2) is 0 Å². The van der Waals surface area contributed by atoms with Crippen molar-refractivity contribution in [2.75, 3.05) is 5.32 Å². The van der Waals surface area contributed by atoms with E-state index in [1.807, 2.05) is 6.20 Å². The van der Waals surface area contributed by atoms with Gasteiger partial charge in [0.1, 0.15) is 0 Å². The topological polar surface area (TPSA) is 29.9 Å². The van der Waals surface area contributed by atoms with E-state index in [9.17, 15) is 0 Å². The van der Waals surface area contributed by atoms with Crippen molar-refractivity contribution >= 4 is 5.69 Å². The third-order valence-corrected chi connectivity index (χ3v) is 3.81. The van der Waals surface area contributed by atoms with E-state index in [-0.39, 0.29) is 0 Å². The zero-order valence-corrected chi connectivity index (χ0v) is 12.8. The molecule has 1 heterocycles. The van der Waals surface area contributed by atoms with Crippen LogP contribution in [0.15, 0.2) is 36.5 Å². The van der Waals surface area contributed by atoms with E-state index < -0.39 is 0 Å². The fourth-order valence-corrected chi connectivity index (χ4v) is 2.28. The van der Waals surface area contributed by atoms with Crippen LogP contribution in [-0.2, 0) is 13.1 Å². The number of benzene rings is 1. The molecular formula is C17H25N3. The van der Waals surface area contributed by atoms with Crippen molar-refractivity contribution in [1.82, 2.24) is 9.78 Å². The van der Waals surface area contributed by atoms with Crippen molar-refractivity contribution in [2.45, 2.75) is 52.6 Å². The fraction of sp³-hybridized carbons (Fsp3) is 0.471. The molecule has 0 spiro atoms. The number of hydrogen-bond donors (Lipinski definition) is 1. The van der Waals surface area contributed by atoms with Crippen LogP contribution in [0, 0.1) is 0 Å². The second kappa shape index (κ2) is 7.13. The Balaban J connectivity index is 1.95. The molecule has 2 aromatic rings. The van der Waals surface area contributed by atoms with E-state index in [1.165, 1.54) is 23.4 Å². The summed E-state index contributed by atoms with van der Waals surface area (Å²) in [7, 11) is 0. The number of nitrogens with zero attached hydrogens (tertiary/aromatic N) is 2. The van der Waals surface area contributed by atoms with Gasteiger partial charge < -0.3 is 5.32 Å². The summed E-state index contributed by atoms with van der Waals surface area (Å²) in [4.78, 5) is 0. The smallest absolute Gasteiger partial charge is 0.0575 e. The van der Waals surface area contributed by atoms with Crippen molar-refractivity contribution in [1.29, 1.82) is 0 Å². The van der Waals surface area contributed by atoms with Gasteiger partial charge >= 0.3 is 0 Å². The Morgan fingerprint density at radius 3 is 2.55 bits per heavy atom. The third kappa shape index (κ3) is 3.62. The minimum absolute atomic E-state index is 0.634. The van der Waals surface area contributed by atoms with E-state index in [4.69, 9.17) is 0 Å². The van der Waals surface area contributed by atoms with Crippen molar-refractivity contribution in [3.05, 3.63) is 47.8 Å². The maximum atomic E-state index is 4.34. The second-order valence-corrected chi connectivity index (χ2v) is 5.33. The van der Waals surface area contributed by atoms with E-state index in [1.54, 1.807) is 0 Å². The molecule has 1 N–H and O–H groups in total. The average Bonchev–Trinajstić information content (AvgIpc) is 2.92. The van der Waals surface area contributed by atoms with Crippen molar-refractivity contribution in [2.24, 2.45) is 0 Å². The largest absolute Gasteiger partial charge is 0.379 e. The molecular weight excluding hydrogens is 246 g/mol. The van der Waals surface area contributed by atoms with Crippen LogP contribution in [0.25, 0.3) is 0 Å². The number of anilines is 1. The Morgan fingerprint density at radius 1 is 1.15 bits per heavy atom. The highest BCUT2D eigenvalue weighted by atomic mass is 15.3. The minimum atomic E-state index is 0.634. The highest BCUT2D eigenvalue weighted by Crippen LogP contribution is 2.20.